The molecule has 0 radical (unpaired) electrons. The summed E-state index contributed by atoms with van der Waals surface area (Å²) < 4.78 is 37.3. The molecule has 9 heteroatoms. The fourth-order valence-electron chi connectivity index (χ4n) is 1.79. The van der Waals surface area contributed by atoms with E-state index in [0.717, 1.165) is 0 Å². The van der Waals surface area contributed by atoms with Crippen molar-refractivity contribution in [1.82, 2.24) is 14.9 Å². The highest BCUT2D eigenvalue weighted by Crippen LogP contribution is 2.26. The molecule has 1 aromatic heterocycles. The lowest BCUT2D eigenvalue weighted by Crippen LogP contribution is -2.26. The van der Waals surface area contributed by atoms with Crippen LogP contribution in [-0.2, 0) is 16.4 Å². The SMILES string of the molecule is COc1ccc(S(=O)(=O)NCCc2nnc(C(C)C)o2)cc1Cl. The highest BCUT2D eigenvalue weighted by atomic mass is 35.5. The highest BCUT2D eigenvalue weighted by Gasteiger charge is 2.16. The summed E-state index contributed by atoms with van der Waals surface area (Å²) in [6, 6.07) is 4.27. The van der Waals surface area contributed by atoms with Crippen molar-refractivity contribution in [3.05, 3.63) is 35.0 Å². The van der Waals surface area contributed by atoms with Crippen molar-refractivity contribution < 1.29 is 17.6 Å². The van der Waals surface area contributed by atoms with Crippen molar-refractivity contribution in [2.24, 2.45) is 0 Å². The Morgan fingerprint density at radius 2 is 2.09 bits per heavy atom. The number of hydrogen-bond donors (Lipinski definition) is 1. The minimum Gasteiger partial charge on any atom is -0.495 e. The molecule has 7 nitrogen and oxygen atoms in total. The van der Waals surface area contributed by atoms with Crippen LogP contribution in [0.15, 0.2) is 27.5 Å². The summed E-state index contributed by atoms with van der Waals surface area (Å²) in [5, 5.41) is 8.00. The molecule has 2 rings (SSSR count). The molecule has 0 saturated heterocycles. The summed E-state index contributed by atoms with van der Waals surface area (Å²) >= 11 is 5.95. The molecule has 0 saturated carbocycles. The zero-order valence-electron chi connectivity index (χ0n) is 13.0. The molecule has 0 aliphatic heterocycles. The Bertz CT molecular complexity index is 774. The lowest BCUT2D eigenvalue weighted by atomic mass is 10.2. The third-order valence-electron chi connectivity index (χ3n) is 3.04. The zero-order chi connectivity index (χ0) is 17.0. The van der Waals surface area contributed by atoms with Gasteiger partial charge in [0.2, 0.25) is 21.8 Å². The predicted octanol–water partition coefficient (Wildman–Crippen LogP) is 2.38. The van der Waals surface area contributed by atoms with Crippen LogP contribution in [-0.4, -0.2) is 32.3 Å². The van der Waals surface area contributed by atoms with Crippen LogP contribution < -0.4 is 9.46 Å². The first kappa shape index (κ1) is 17.7. The second-order valence-electron chi connectivity index (χ2n) is 5.13. The number of rotatable bonds is 7. The van der Waals surface area contributed by atoms with Crippen molar-refractivity contribution in [3.63, 3.8) is 0 Å². The van der Waals surface area contributed by atoms with E-state index in [1.165, 1.54) is 25.3 Å². The van der Waals surface area contributed by atoms with Gasteiger partial charge in [0.25, 0.3) is 0 Å². The van der Waals surface area contributed by atoms with Crippen LogP contribution in [0, 0.1) is 0 Å². The van der Waals surface area contributed by atoms with Gasteiger partial charge in [0, 0.05) is 18.9 Å². The molecule has 126 valence electrons. The molecular weight excluding hydrogens is 342 g/mol. The third-order valence-corrected chi connectivity index (χ3v) is 4.79. The van der Waals surface area contributed by atoms with Gasteiger partial charge in [0.15, 0.2) is 0 Å². The molecule has 0 unspecified atom stereocenters. The molecule has 2 aromatic rings. The first-order valence-electron chi connectivity index (χ1n) is 6.99. The zero-order valence-corrected chi connectivity index (χ0v) is 14.6. The highest BCUT2D eigenvalue weighted by molar-refractivity contribution is 7.89. The van der Waals surface area contributed by atoms with Crippen molar-refractivity contribution in [1.29, 1.82) is 0 Å². The minimum atomic E-state index is -3.67. The van der Waals surface area contributed by atoms with Gasteiger partial charge in [-0.15, -0.1) is 10.2 Å². The predicted molar refractivity (Wildman–Crippen MR) is 85.3 cm³/mol. The lowest BCUT2D eigenvalue weighted by molar-refractivity contribution is 0.414. The average Bonchev–Trinajstić information content (AvgIpc) is 2.96. The number of methoxy groups -OCH3 is 1. The number of ether oxygens (including phenoxy) is 1. The summed E-state index contributed by atoms with van der Waals surface area (Å²) in [6.45, 7) is 4.02. The van der Waals surface area contributed by atoms with Gasteiger partial charge in [-0.3, -0.25) is 0 Å². The number of nitrogens with zero attached hydrogens (tertiary/aromatic N) is 2. The molecule has 0 bridgehead atoms. The summed E-state index contributed by atoms with van der Waals surface area (Å²) in [5.41, 5.74) is 0. The maximum Gasteiger partial charge on any atom is 0.240 e. The molecule has 0 fully saturated rings. The Balaban J connectivity index is 1.99. The van der Waals surface area contributed by atoms with E-state index in [-0.39, 0.29) is 22.4 Å². The first-order chi connectivity index (χ1) is 10.8. The van der Waals surface area contributed by atoms with E-state index in [0.29, 0.717) is 24.0 Å². The molecule has 23 heavy (non-hydrogen) atoms. The fraction of sp³-hybridized carbons (Fsp3) is 0.429. The Morgan fingerprint density at radius 1 is 1.35 bits per heavy atom. The van der Waals surface area contributed by atoms with E-state index in [1.807, 2.05) is 13.8 Å². The number of aromatic nitrogens is 2. The second kappa shape index (κ2) is 7.29. The van der Waals surface area contributed by atoms with Gasteiger partial charge in [-0.1, -0.05) is 25.4 Å². The number of halogens is 1. The van der Waals surface area contributed by atoms with Crippen LogP contribution in [0.2, 0.25) is 5.02 Å². The fourth-order valence-corrected chi connectivity index (χ4v) is 3.17. The largest absolute Gasteiger partial charge is 0.495 e. The normalized spacial score (nSPS) is 11.9. The van der Waals surface area contributed by atoms with Crippen molar-refractivity contribution >= 4 is 21.6 Å². The molecule has 0 aliphatic carbocycles. The van der Waals surface area contributed by atoms with E-state index in [4.69, 9.17) is 20.8 Å². The summed E-state index contributed by atoms with van der Waals surface area (Å²) in [7, 11) is -2.21. The van der Waals surface area contributed by atoms with Gasteiger partial charge in [0.1, 0.15) is 5.75 Å². The first-order valence-corrected chi connectivity index (χ1v) is 8.85. The lowest BCUT2D eigenvalue weighted by Gasteiger charge is -2.08. The van der Waals surface area contributed by atoms with Gasteiger partial charge in [-0.05, 0) is 18.2 Å². The van der Waals surface area contributed by atoms with Crippen molar-refractivity contribution in [2.75, 3.05) is 13.7 Å². The van der Waals surface area contributed by atoms with E-state index in [2.05, 4.69) is 14.9 Å². The molecule has 0 atom stereocenters. The van der Waals surface area contributed by atoms with E-state index < -0.39 is 10.0 Å². The van der Waals surface area contributed by atoms with Crippen LogP contribution >= 0.6 is 11.6 Å². The maximum absolute atomic E-state index is 12.2. The van der Waals surface area contributed by atoms with Gasteiger partial charge >= 0.3 is 0 Å². The standard InChI is InChI=1S/C14H18ClN3O4S/c1-9(2)14-18-17-13(22-14)6-7-16-23(19,20)10-4-5-12(21-3)11(15)8-10/h4-5,8-9,16H,6-7H2,1-3H3. The Hall–Kier alpha value is -1.64. The smallest absolute Gasteiger partial charge is 0.240 e. The number of benzene rings is 1. The summed E-state index contributed by atoms with van der Waals surface area (Å²) in [5.74, 6) is 1.47. The molecule has 1 N–H and O–H groups in total. The third kappa shape index (κ3) is 4.43. The van der Waals surface area contributed by atoms with Crippen LogP contribution in [0.4, 0.5) is 0 Å². The monoisotopic (exact) mass is 359 g/mol. The van der Waals surface area contributed by atoms with E-state index in [1.54, 1.807) is 0 Å². The molecule has 0 aliphatic rings. The molecule has 0 spiro atoms. The van der Waals surface area contributed by atoms with Crippen LogP contribution in [0.5, 0.6) is 5.75 Å². The Kier molecular flexibility index (Phi) is 5.61. The van der Waals surface area contributed by atoms with Gasteiger partial charge in [-0.25, -0.2) is 13.1 Å². The van der Waals surface area contributed by atoms with E-state index in [9.17, 15) is 8.42 Å². The van der Waals surface area contributed by atoms with Crippen LogP contribution in [0.25, 0.3) is 0 Å². The Morgan fingerprint density at radius 3 is 2.65 bits per heavy atom. The number of sulfonamides is 1. The van der Waals surface area contributed by atoms with Gasteiger partial charge < -0.3 is 9.15 Å². The molecular formula is C14H18ClN3O4S. The molecule has 1 aromatic carbocycles. The van der Waals surface area contributed by atoms with Gasteiger partial charge in [-0.2, -0.15) is 0 Å². The summed E-state index contributed by atoms with van der Waals surface area (Å²) in [4.78, 5) is 0.0664. The maximum atomic E-state index is 12.2. The Labute approximate surface area is 140 Å². The van der Waals surface area contributed by atoms with Crippen LogP contribution in [0.3, 0.4) is 0 Å². The summed E-state index contributed by atoms with van der Waals surface area (Å²) in [6.07, 6.45) is 0.308. The molecule has 0 amide bonds. The van der Waals surface area contributed by atoms with Crippen molar-refractivity contribution in [2.45, 2.75) is 31.1 Å². The van der Waals surface area contributed by atoms with Crippen molar-refractivity contribution in [3.8, 4) is 5.75 Å². The number of nitrogens with one attached hydrogen (secondary N) is 1. The average molecular weight is 360 g/mol. The van der Waals surface area contributed by atoms with E-state index >= 15 is 0 Å². The number of hydrogen-bond acceptors (Lipinski definition) is 6. The second-order valence-corrected chi connectivity index (χ2v) is 7.31. The van der Waals surface area contributed by atoms with Gasteiger partial charge in [0.05, 0.1) is 17.0 Å². The molecule has 1 heterocycles. The van der Waals surface area contributed by atoms with Crippen LogP contribution in [0.1, 0.15) is 31.5 Å². The minimum absolute atomic E-state index is 0.0664. The topological polar surface area (TPSA) is 94.3 Å². The quantitative estimate of drug-likeness (QED) is 0.815.